The Morgan fingerprint density at radius 3 is 2.85 bits per heavy atom. The highest BCUT2D eigenvalue weighted by Crippen LogP contribution is 2.16. The summed E-state index contributed by atoms with van der Waals surface area (Å²) in [7, 11) is 0. The van der Waals surface area contributed by atoms with Gasteiger partial charge in [0.05, 0.1) is 0 Å². The highest BCUT2D eigenvalue weighted by Gasteiger charge is 2.01. The first-order valence-electron chi connectivity index (χ1n) is 3.94. The second kappa shape index (κ2) is 3.58. The molecule has 0 radical (unpaired) electrons. The number of hydrogen-bond donors (Lipinski definition) is 1. The first kappa shape index (κ1) is 8.26. The summed E-state index contributed by atoms with van der Waals surface area (Å²) in [6.45, 7) is 0. The van der Waals surface area contributed by atoms with Crippen LogP contribution in [-0.2, 0) is 6.42 Å². The van der Waals surface area contributed by atoms with E-state index in [1.807, 2.05) is 24.3 Å². The molecule has 1 N–H and O–H groups in total. The predicted molar refractivity (Wildman–Crippen MR) is 50.6 cm³/mol. The lowest BCUT2D eigenvalue weighted by Crippen LogP contribution is -1.91. The third kappa shape index (κ3) is 1.87. The van der Waals surface area contributed by atoms with Gasteiger partial charge in [-0.1, -0.05) is 29.8 Å². The Labute approximate surface area is 80.8 Å². The normalized spacial score (nSPS) is 10.2. The standard InChI is InChI=1S/C9H8ClN3/c10-8-4-2-1-3-7(8)5-9-11-6-12-13-9/h1-4,6H,5H2,(H,11,12,13). The molecule has 0 saturated heterocycles. The molecule has 0 aliphatic carbocycles. The minimum Gasteiger partial charge on any atom is -0.263 e. The van der Waals surface area contributed by atoms with E-state index >= 15 is 0 Å². The van der Waals surface area contributed by atoms with Crippen molar-refractivity contribution in [3.05, 3.63) is 47.0 Å². The van der Waals surface area contributed by atoms with Crippen LogP contribution in [0.25, 0.3) is 0 Å². The van der Waals surface area contributed by atoms with E-state index in [1.165, 1.54) is 6.33 Å². The summed E-state index contributed by atoms with van der Waals surface area (Å²) in [5, 5.41) is 7.32. The predicted octanol–water partition coefficient (Wildman–Crippen LogP) is 2.05. The minimum absolute atomic E-state index is 0.694. The molecule has 0 unspecified atom stereocenters. The van der Waals surface area contributed by atoms with Crippen LogP contribution in [0, 0.1) is 0 Å². The molecule has 0 aliphatic rings. The average molecular weight is 194 g/mol. The summed E-state index contributed by atoms with van der Waals surface area (Å²) >= 11 is 5.98. The molecular formula is C9H8ClN3. The van der Waals surface area contributed by atoms with Gasteiger partial charge in [-0.15, -0.1) is 0 Å². The Kier molecular flexibility index (Phi) is 2.27. The van der Waals surface area contributed by atoms with Gasteiger partial charge in [0.1, 0.15) is 12.2 Å². The molecule has 13 heavy (non-hydrogen) atoms. The van der Waals surface area contributed by atoms with Crippen LogP contribution in [0.2, 0.25) is 5.02 Å². The Morgan fingerprint density at radius 1 is 1.31 bits per heavy atom. The van der Waals surface area contributed by atoms with Crippen LogP contribution >= 0.6 is 11.6 Å². The lowest BCUT2D eigenvalue weighted by Gasteiger charge is -1.99. The highest BCUT2D eigenvalue weighted by atomic mass is 35.5. The number of hydrogen-bond acceptors (Lipinski definition) is 2. The zero-order valence-electron chi connectivity index (χ0n) is 6.87. The van der Waals surface area contributed by atoms with Crippen LogP contribution in [0.4, 0.5) is 0 Å². The fourth-order valence-corrected chi connectivity index (χ4v) is 1.34. The van der Waals surface area contributed by atoms with E-state index < -0.39 is 0 Å². The highest BCUT2D eigenvalue weighted by molar-refractivity contribution is 6.31. The molecule has 0 spiro atoms. The van der Waals surface area contributed by atoms with Crippen molar-refractivity contribution < 1.29 is 0 Å². The van der Waals surface area contributed by atoms with Gasteiger partial charge in [-0.05, 0) is 11.6 Å². The molecule has 0 bridgehead atoms. The van der Waals surface area contributed by atoms with E-state index in [4.69, 9.17) is 11.6 Å². The van der Waals surface area contributed by atoms with Gasteiger partial charge in [-0.2, -0.15) is 5.10 Å². The number of rotatable bonds is 2. The Hall–Kier alpha value is -1.35. The Balaban J connectivity index is 2.24. The molecule has 2 rings (SSSR count). The monoisotopic (exact) mass is 193 g/mol. The van der Waals surface area contributed by atoms with Crippen molar-refractivity contribution in [2.45, 2.75) is 6.42 Å². The van der Waals surface area contributed by atoms with Crippen molar-refractivity contribution in [3.8, 4) is 0 Å². The number of aromatic nitrogens is 3. The van der Waals surface area contributed by atoms with E-state index in [9.17, 15) is 0 Å². The summed E-state index contributed by atoms with van der Waals surface area (Å²) in [6, 6.07) is 7.71. The van der Waals surface area contributed by atoms with Crippen LogP contribution in [0.1, 0.15) is 11.4 Å². The summed E-state index contributed by atoms with van der Waals surface area (Å²) in [5.41, 5.74) is 1.06. The fourth-order valence-electron chi connectivity index (χ4n) is 1.14. The molecule has 0 saturated carbocycles. The molecule has 1 aromatic heterocycles. The zero-order chi connectivity index (χ0) is 9.10. The molecule has 2 aromatic rings. The summed E-state index contributed by atoms with van der Waals surface area (Å²) < 4.78 is 0. The molecule has 1 aromatic carbocycles. The van der Waals surface area contributed by atoms with E-state index in [-0.39, 0.29) is 0 Å². The number of nitrogens with zero attached hydrogens (tertiary/aromatic N) is 2. The van der Waals surface area contributed by atoms with Crippen molar-refractivity contribution in [1.29, 1.82) is 0 Å². The van der Waals surface area contributed by atoms with Crippen LogP contribution < -0.4 is 0 Å². The molecule has 0 amide bonds. The third-order valence-corrected chi connectivity index (χ3v) is 2.15. The SMILES string of the molecule is Clc1ccccc1Cc1ncn[nH]1. The number of nitrogens with one attached hydrogen (secondary N) is 1. The largest absolute Gasteiger partial charge is 0.263 e. The Bertz CT molecular complexity index is 384. The maximum atomic E-state index is 5.98. The maximum Gasteiger partial charge on any atom is 0.137 e. The number of halogens is 1. The van der Waals surface area contributed by atoms with Gasteiger partial charge < -0.3 is 0 Å². The summed E-state index contributed by atoms with van der Waals surface area (Å²) in [4.78, 5) is 4.03. The topological polar surface area (TPSA) is 41.6 Å². The van der Waals surface area contributed by atoms with E-state index in [2.05, 4.69) is 15.2 Å². The molecule has 4 heteroatoms. The third-order valence-electron chi connectivity index (χ3n) is 1.78. The van der Waals surface area contributed by atoms with Gasteiger partial charge in [-0.3, -0.25) is 5.10 Å². The molecule has 1 heterocycles. The molecule has 0 atom stereocenters. The van der Waals surface area contributed by atoms with Crippen molar-refractivity contribution in [1.82, 2.24) is 15.2 Å². The fraction of sp³-hybridized carbons (Fsp3) is 0.111. The number of H-pyrrole nitrogens is 1. The van der Waals surface area contributed by atoms with Crippen molar-refractivity contribution >= 4 is 11.6 Å². The average Bonchev–Trinajstić information content (AvgIpc) is 2.61. The van der Waals surface area contributed by atoms with Gasteiger partial charge in [0, 0.05) is 11.4 Å². The molecular weight excluding hydrogens is 186 g/mol. The summed E-state index contributed by atoms with van der Waals surface area (Å²) in [5.74, 6) is 0.827. The maximum absolute atomic E-state index is 5.98. The zero-order valence-corrected chi connectivity index (χ0v) is 7.62. The number of benzene rings is 1. The lowest BCUT2D eigenvalue weighted by atomic mass is 10.1. The molecule has 66 valence electrons. The molecule has 0 fully saturated rings. The van der Waals surface area contributed by atoms with Crippen molar-refractivity contribution in [2.75, 3.05) is 0 Å². The first-order valence-corrected chi connectivity index (χ1v) is 4.32. The van der Waals surface area contributed by atoms with Gasteiger partial charge >= 0.3 is 0 Å². The van der Waals surface area contributed by atoms with Gasteiger partial charge in [0.2, 0.25) is 0 Å². The molecule has 3 nitrogen and oxygen atoms in total. The number of aromatic amines is 1. The van der Waals surface area contributed by atoms with E-state index in [0.717, 1.165) is 16.4 Å². The minimum atomic E-state index is 0.694. The quantitative estimate of drug-likeness (QED) is 0.793. The summed E-state index contributed by atoms with van der Waals surface area (Å²) in [6.07, 6.45) is 2.19. The Morgan fingerprint density at radius 2 is 2.15 bits per heavy atom. The second-order valence-electron chi connectivity index (χ2n) is 2.70. The van der Waals surface area contributed by atoms with Crippen LogP contribution in [0.5, 0.6) is 0 Å². The van der Waals surface area contributed by atoms with Gasteiger partial charge in [0.25, 0.3) is 0 Å². The van der Waals surface area contributed by atoms with Crippen molar-refractivity contribution in [3.63, 3.8) is 0 Å². The lowest BCUT2D eigenvalue weighted by molar-refractivity contribution is 0.972. The van der Waals surface area contributed by atoms with Crippen LogP contribution in [-0.4, -0.2) is 15.2 Å². The van der Waals surface area contributed by atoms with Crippen LogP contribution in [0.15, 0.2) is 30.6 Å². The van der Waals surface area contributed by atoms with Gasteiger partial charge in [0.15, 0.2) is 0 Å². The van der Waals surface area contributed by atoms with E-state index in [0.29, 0.717) is 6.42 Å². The second-order valence-corrected chi connectivity index (χ2v) is 3.11. The van der Waals surface area contributed by atoms with Crippen LogP contribution in [0.3, 0.4) is 0 Å². The van der Waals surface area contributed by atoms with Crippen molar-refractivity contribution in [2.24, 2.45) is 0 Å². The smallest absolute Gasteiger partial charge is 0.137 e. The molecule has 0 aliphatic heterocycles. The first-order chi connectivity index (χ1) is 6.36. The van der Waals surface area contributed by atoms with E-state index in [1.54, 1.807) is 0 Å². The van der Waals surface area contributed by atoms with Gasteiger partial charge in [-0.25, -0.2) is 4.98 Å².